The molecule has 140 valence electrons. The van der Waals surface area contributed by atoms with E-state index < -0.39 is 11.8 Å². The Morgan fingerprint density at radius 3 is 2.74 bits per heavy atom. The molecule has 0 radical (unpaired) electrons. The molecule has 1 amide bonds. The van der Waals surface area contributed by atoms with Gasteiger partial charge in [-0.1, -0.05) is 12.1 Å². The van der Waals surface area contributed by atoms with Crippen molar-refractivity contribution in [2.45, 2.75) is 20.8 Å². The predicted octanol–water partition coefficient (Wildman–Crippen LogP) is 4.12. The van der Waals surface area contributed by atoms with Crippen molar-refractivity contribution < 1.29 is 18.7 Å². The molecule has 0 aliphatic carbocycles. The second-order valence-corrected chi connectivity index (χ2v) is 6.86. The predicted molar refractivity (Wildman–Crippen MR) is 101 cm³/mol. The number of carbonyl (C=O) groups excluding carboxylic acids is 2. The number of ether oxygens (including phenoxy) is 1. The Hall–Kier alpha value is -3.00. The third kappa shape index (κ3) is 3.75. The van der Waals surface area contributed by atoms with E-state index >= 15 is 0 Å². The maximum atomic E-state index is 14.0. The fourth-order valence-electron chi connectivity index (χ4n) is 2.62. The fourth-order valence-corrected chi connectivity index (χ4v) is 3.58. The van der Waals surface area contributed by atoms with Gasteiger partial charge in [-0.3, -0.25) is 4.79 Å². The Morgan fingerprint density at radius 2 is 2.04 bits per heavy atom. The number of aryl methyl sites for hydroxylation is 1. The van der Waals surface area contributed by atoms with Crippen LogP contribution in [0.5, 0.6) is 0 Å². The number of carbonyl (C=O) groups is 2. The number of halogens is 1. The summed E-state index contributed by atoms with van der Waals surface area (Å²) in [6, 6.07) is 7.93. The molecule has 0 atom stereocenters. The van der Waals surface area contributed by atoms with Gasteiger partial charge in [0.05, 0.1) is 29.1 Å². The molecule has 1 N–H and O–H groups in total. The van der Waals surface area contributed by atoms with Crippen molar-refractivity contribution in [3.8, 4) is 5.69 Å². The number of hydrogen-bond donors (Lipinski definition) is 1. The van der Waals surface area contributed by atoms with E-state index in [0.717, 1.165) is 16.9 Å². The van der Waals surface area contributed by atoms with E-state index in [4.69, 9.17) is 4.74 Å². The van der Waals surface area contributed by atoms with Gasteiger partial charge in [0, 0.05) is 0 Å². The maximum Gasteiger partial charge on any atom is 0.348 e. The van der Waals surface area contributed by atoms with Crippen LogP contribution in [0.15, 0.2) is 36.5 Å². The molecule has 8 heteroatoms. The average molecular weight is 387 g/mol. The van der Waals surface area contributed by atoms with E-state index in [-0.39, 0.29) is 18.2 Å². The zero-order valence-corrected chi connectivity index (χ0v) is 15.9. The normalized spacial score (nSPS) is 10.7. The Bertz CT molecular complexity index is 1010. The molecule has 1 aromatic carbocycles. The van der Waals surface area contributed by atoms with Crippen molar-refractivity contribution in [1.29, 1.82) is 0 Å². The van der Waals surface area contributed by atoms with E-state index in [2.05, 4.69) is 10.4 Å². The van der Waals surface area contributed by atoms with Gasteiger partial charge >= 0.3 is 5.97 Å². The lowest BCUT2D eigenvalue weighted by Gasteiger charge is -2.06. The lowest BCUT2D eigenvalue weighted by molar-refractivity contribution is 0.0531. The van der Waals surface area contributed by atoms with Gasteiger partial charge in [-0.25, -0.2) is 13.9 Å². The molecule has 0 spiro atoms. The topological polar surface area (TPSA) is 73.2 Å². The van der Waals surface area contributed by atoms with E-state index in [1.807, 2.05) is 0 Å². The van der Waals surface area contributed by atoms with Crippen LogP contribution in [0.4, 0.5) is 9.39 Å². The number of hydrogen-bond acceptors (Lipinski definition) is 5. The highest BCUT2D eigenvalue weighted by atomic mass is 32.1. The quantitative estimate of drug-likeness (QED) is 0.669. The lowest BCUT2D eigenvalue weighted by atomic mass is 10.2. The number of aromatic nitrogens is 2. The minimum absolute atomic E-state index is 0.269. The fraction of sp³-hybridized carbons (Fsp3) is 0.211. The molecule has 0 aliphatic heterocycles. The van der Waals surface area contributed by atoms with Crippen molar-refractivity contribution in [2.75, 3.05) is 11.9 Å². The van der Waals surface area contributed by atoms with Gasteiger partial charge < -0.3 is 10.1 Å². The van der Waals surface area contributed by atoms with Gasteiger partial charge in [-0.05, 0) is 44.5 Å². The number of thiophene rings is 1. The minimum atomic E-state index is -0.427. The molecule has 3 rings (SSSR count). The first-order chi connectivity index (χ1) is 12.9. The second kappa shape index (κ2) is 7.71. The summed E-state index contributed by atoms with van der Waals surface area (Å²) in [5.74, 6) is -1.22. The number of benzene rings is 1. The summed E-state index contributed by atoms with van der Waals surface area (Å²) < 4.78 is 20.4. The van der Waals surface area contributed by atoms with Gasteiger partial charge in [0.1, 0.15) is 16.4 Å². The monoisotopic (exact) mass is 387 g/mol. The van der Waals surface area contributed by atoms with E-state index in [1.54, 1.807) is 45.0 Å². The highest BCUT2D eigenvalue weighted by Gasteiger charge is 2.20. The van der Waals surface area contributed by atoms with Gasteiger partial charge in [0.25, 0.3) is 5.91 Å². The van der Waals surface area contributed by atoms with E-state index in [0.29, 0.717) is 21.1 Å². The molecule has 0 bridgehead atoms. The molecule has 0 fully saturated rings. The van der Waals surface area contributed by atoms with Crippen LogP contribution in [-0.4, -0.2) is 28.3 Å². The molecule has 0 unspecified atom stereocenters. The highest BCUT2D eigenvalue weighted by Crippen LogP contribution is 2.28. The standard InChI is InChI=1S/C19H18FN3O3S/c1-4-26-19(25)17-11(2)9-16(27-17)22-18(24)13-10-21-23(12(13)3)15-8-6-5-7-14(15)20/h5-10H,4H2,1-3H3,(H,22,24). The first-order valence-electron chi connectivity index (χ1n) is 8.30. The molecule has 2 heterocycles. The van der Waals surface area contributed by atoms with Gasteiger partial charge in [-0.15, -0.1) is 11.3 Å². The zero-order valence-electron chi connectivity index (χ0n) is 15.1. The molecule has 0 saturated heterocycles. The third-order valence-electron chi connectivity index (χ3n) is 3.95. The molecular weight excluding hydrogens is 369 g/mol. The summed E-state index contributed by atoms with van der Waals surface area (Å²) in [4.78, 5) is 25.0. The minimum Gasteiger partial charge on any atom is -0.462 e. The van der Waals surface area contributed by atoms with Crippen molar-refractivity contribution in [1.82, 2.24) is 9.78 Å². The maximum absolute atomic E-state index is 14.0. The van der Waals surface area contributed by atoms with Crippen molar-refractivity contribution >= 4 is 28.2 Å². The first-order valence-corrected chi connectivity index (χ1v) is 9.12. The summed E-state index contributed by atoms with van der Waals surface area (Å²) in [5, 5.41) is 7.42. The zero-order chi connectivity index (χ0) is 19.6. The van der Waals surface area contributed by atoms with Crippen molar-refractivity contribution in [3.05, 3.63) is 64.0 Å². The highest BCUT2D eigenvalue weighted by molar-refractivity contribution is 7.18. The number of rotatable bonds is 5. The lowest BCUT2D eigenvalue weighted by Crippen LogP contribution is -2.12. The largest absolute Gasteiger partial charge is 0.462 e. The van der Waals surface area contributed by atoms with E-state index in [9.17, 15) is 14.0 Å². The number of nitrogens with one attached hydrogen (secondary N) is 1. The van der Waals surface area contributed by atoms with Gasteiger partial charge in [0.15, 0.2) is 0 Å². The smallest absolute Gasteiger partial charge is 0.348 e. The molecule has 0 saturated carbocycles. The number of anilines is 1. The molecule has 6 nitrogen and oxygen atoms in total. The van der Waals surface area contributed by atoms with Crippen LogP contribution in [0, 0.1) is 19.7 Å². The average Bonchev–Trinajstić information content (AvgIpc) is 3.18. The SMILES string of the molecule is CCOC(=O)c1sc(NC(=O)c2cnn(-c3ccccc3F)c2C)cc1C. The molecular formula is C19H18FN3O3S. The van der Waals surface area contributed by atoms with E-state index in [1.165, 1.54) is 16.9 Å². The third-order valence-corrected chi connectivity index (χ3v) is 5.08. The number of esters is 1. The Labute approximate surface area is 159 Å². The van der Waals surface area contributed by atoms with Crippen LogP contribution < -0.4 is 5.32 Å². The summed E-state index contributed by atoms with van der Waals surface area (Å²) in [6.07, 6.45) is 1.39. The van der Waals surface area contributed by atoms with Crippen molar-refractivity contribution in [3.63, 3.8) is 0 Å². The molecule has 0 aliphatic rings. The number of para-hydroxylation sites is 1. The molecule has 27 heavy (non-hydrogen) atoms. The van der Waals surface area contributed by atoms with Crippen molar-refractivity contribution in [2.24, 2.45) is 0 Å². The van der Waals surface area contributed by atoms with Crippen LogP contribution >= 0.6 is 11.3 Å². The molecule has 2 aromatic heterocycles. The Balaban J connectivity index is 1.83. The first kappa shape index (κ1) is 18.8. The Kier molecular flexibility index (Phi) is 5.36. The Morgan fingerprint density at radius 1 is 1.30 bits per heavy atom. The summed E-state index contributed by atoms with van der Waals surface area (Å²) >= 11 is 1.15. The van der Waals surface area contributed by atoms with Crippen LogP contribution in [0.1, 0.15) is 38.2 Å². The number of amides is 1. The van der Waals surface area contributed by atoms with Gasteiger partial charge in [-0.2, -0.15) is 5.10 Å². The van der Waals surface area contributed by atoms with Crippen LogP contribution in [-0.2, 0) is 4.74 Å². The summed E-state index contributed by atoms with van der Waals surface area (Å²) in [5.41, 5.74) is 1.83. The van der Waals surface area contributed by atoms with Crippen LogP contribution in [0.3, 0.4) is 0 Å². The summed E-state index contributed by atoms with van der Waals surface area (Å²) in [6.45, 7) is 5.49. The second-order valence-electron chi connectivity index (χ2n) is 5.80. The molecule has 3 aromatic rings. The number of nitrogens with zero attached hydrogens (tertiary/aromatic N) is 2. The summed E-state index contributed by atoms with van der Waals surface area (Å²) in [7, 11) is 0. The van der Waals surface area contributed by atoms with Gasteiger partial charge in [0.2, 0.25) is 0 Å². The van der Waals surface area contributed by atoms with Crippen LogP contribution in [0.25, 0.3) is 5.69 Å². The van der Waals surface area contributed by atoms with Crippen LogP contribution in [0.2, 0.25) is 0 Å².